The Hall–Kier alpha value is -1.94. The van der Waals surface area contributed by atoms with Crippen LogP contribution in [0.25, 0.3) is 22.5 Å². The minimum Gasteiger partial charge on any atom is -0.277 e. The van der Waals surface area contributed by atoms with E-state index >= 15 is 0 Å². The van der Waals surface area contributed by atoms with Crippen molar-refractivity contribution in [2.24, 2.45) is 0 Å². The fourth-order valence-corrected chi connectivity index (χ4v) is 2.31. The first-order chi connectivity index (χ1) is 8.84. The lowest BCUT2D eigenvalue weighted by Gasteiger charge is -1.99. The summed E-state index contributed by atoms with van der Waals surface area (Å²) in [6.07, 6.45) is 3.53. The first-order valence-electron chi connectivity index (χ1n) is 5.55. The maximum Gasteiger partial charge on any atom is 0.0928 e. The van der Waals surface area contributed by atoms with Crippen molar-refractivity contribution >= 4 is 15.9 Å². The van der Waals surface area contributed by atoms with Gasteiger partial charge in [-0.3, -0.25) is 10.1 Å². The molecule has 2 heterocycles. The maximum absolute atomic E-state index is 4.33. The van der Waals surface area contributed by atoms with Gasteiger partial charge in [-0.15, -0.1) is 0 Å². The number of rotatable bonds is 2. The molecule has 3 nitrogen and oxygen atoms in total. The van der Waals surface area contributed by atoms with Gasteiger partial charge in [-0.25, -0.2) is 0 Å². The Morgan fingerprint density at radius 2 is 1.78 bits per heavy atom. The second-order valence-electron chi connectivity index (χ2n) is 3.88. The van der Waals surface area contributed by atoms with Gasteiger partial charge in [0.05, 0.1) is 11.4 Å². The fourth-order valence-electron chi connectivity index (χ4n) is 1.81. The zero-order chi connectivity index (χ0) is 12.4. The highest BCUT2D eigenvalue weighted by atomic mass is 79.9. The number of pyridine rings is 1. The Morgan fingerprint density at radius 3 is 2.56 bits per heavy atom. The van der Waals surface area contributed by atoms with E-state index in [1.165, 1.54) is 0 Å². The molecule has 0 bridgehead atoms. The molecule has 1 aromatic carbocycles. The lowest BCUT2D eigenvalue weighted by molar-refractivity contribution is 1.10. The van der Waals surface area contributed by atoms with Gasteiger partial charge in [0.15, 0.2) is 0 Å². The summed E-state index contributed by atoms with van der Waals surface area (Å²) in [5.41, 5.74) is 4.07. The van der Waals surface area contributed by atoms with E-state index in [1.54, 1.807) is 12.4 Å². The molecule has 0 aliphatic rings. The quantitative estimate of drug-likeness (QED) is 0.780. The van der Waals surface area contributed by atoms with Crippen LogP contribution in [0.15, 0.2) is 59.3 Å². The molecule has 0 atom stereocenters. The third-order valence-corrected chi connectivity index (χ3v) is 3.41. The average Bonchev–Trinajstić information content (AvgIpc) is 2.90. The first kappa shape index (κ1) is 11.2. The van der Waals surface area contributed by atoms with E-state index in [-0.39, 0.29) is 0 Å². The highest BCUT2D eigenvalue weighted by Gasteiger charge is 2.07. The molecule has 0 radical (unpaired) electrons. The molecule has 1 N–H and O–H groups in total. The number of halogens is 1. The van der Waals surface area contributed by atoms with Gasteiger partial charge < -0.3 is 0 Å². The molecule has 0 spiro atoms. The Kier molecular flexibility index (Phi) is 2.94. The molecule has 18 heavy (non-hydrogen) atoms. The van der Waals surface area contributed by atoms with Crippen molar-refractivity contribution in [2.75, 3.05) is 0 Å². The van der Waals surface area contributed by atoms with Gasteiger partial charge in [0.2, 0.25) is 0 Å². The van der Waals surface area contributed by atoms with Gasteiger partial charge in [0, 0.05) is 28.0 Å². The topological polar surface area (TPSA) is 41.6 Å². The van der Waals surface area contributed by atoms with Crippen molar-refractivity contribution in [3.05, 3.63) is 59.3 Å². The van der Waals surface area contributed by atoms with Crippen LogP contribution >= 0.6 is 15.9 Å². The van der Waals surface area contributed by atoms with Crippen molar-refractivity contribution in [3.63, 3.8) is 0 Å². The summed E-state index contributed by atoms with van der Waals surface area (Å²) in [6, 6.07) is 14.0. The molecule has 0 saturated carbocycles. The van der Waals surface area contributed by atoms with E-state index in [2.05, 4.69) is 31.1 Å². The van der Waals surface area contributed by atoms with Crippen molar-refractivity contribution in [1.82, 2.24) is 15.2 Å². The minimum absolute atomic E-state index is 0.920. The SMILES string of the molecule is Brc1ccccc1-c1cc(-c2ccncc2)n[nH]1. The van der Waals surface area contributed by atoms with Gasteiger partial charge in [0.25, 0.3) is 0 Å². The summed E-state index contributed by atoms with van der Waals surface area (Å²) >= 11 is 3.54. The number of aromatic amines is 1. The summed E-state index contributed by atoms with van der Waals surface area (Å²) in [6.45, 7) is 0. The highest BCUT2D eigenvalue weighted by molar-refractivity contribution is 9.10. The molecule has 3 rings (SSSR count). The molecule has 0 aliphatic carbocycles. The van der Waals surface area contributed by atoms with Crippen molar-refractivity contribution in [1.29, 1.82) is 0 Å². The van der Waals surface area contributed by atoms with Crippen molar-refractivity contribution in [3.8, 4) is 22.5 Å². The molecular formula is C14H10BrN3. The van der Waals surface area contributed by atoms with E-state index in [0.717, 1.165) is 27.0 Å². The number of aromatic nitrogens is 3. The number of nitrogens with one attached hydrogen (secondary N) is 1. The third-order valence-electron chi connectivity index (χ3n) is 2.72. The van der Waals surface area contributed by atoms with E-state index in [4.69, 9.17) is 0 Å². The lowest BCUT2D eigenvalue weighted by atomic mass is 10.1. The second kappa shape index (κ2) is 4.74. The Morgan fingerprint density at radius 1 is 1.00 bits per heavy atom. The number of H-pyrrole nitrogens is 1. The van der Waals surface area contributed by atoms with Crippen LogP contribution in [0.4, 0.5) is 0 Å². The molecule has 2 aromatic heterocycles. The van der Waals surface area contributed by atoms with Gasteiger partial charge >= 0.3 is 0 Å². The first-order valence-corrected chi connectivity index (χ1v) is 6.34. The van der Waals surface area contributed by atoms with Crippen LogP contribution in [0, 0.1) is 0 Å². The van der Waals surface area contributed by atoms with E-state index in [1.807, 2.05) is 42.5 Å². The van der Waals surface area contributed by atoms with E-state index in [9.17, 15) is 0 Å². The average molecular weight is 300 g/mol. The van der Waals surface area contributed by atoms with Crippen LogP contribution in [-0.4, -0.2) is 15.2 Å². The zero-order valence-electron chi connectivity index (χ0n) is 9.47. The predicted octanol–water partition coefficient (Wildman–Crippen LogP) is 3.90. The molecule has 0 fully saturated rings. The van der Waals surface area contributed by atoms with Crippen LogP contribution in [0.2, 0.25) is 0 Å². The maximum atomic E-state index is 4.33. The lowest BCUT2D eigenvalue weighted by Crippen LogP contribution is -1.78. The van der Waals surface area contributed by atoms with Crippen LogP contribution in [-0.2, 0) is 0 Å². The van der Waals surface area contributed by atoms with Crippen LogP contribution in [0.1, 0.15) is 0 Å². The van der Waals surface area contributed by atoms with Gasteiger partial charge in [-0.05, 0) is 24.3 Å². The molecular weight excluding hydrogens is 290 g/mol. The fraction of sp³-hybridized carbons (Fsp3) is 0. The Balaban J connectivity index is 2.03. The third kappa shape index (κ3) is 2.07. The standard InChI is InChI=1S/C14H10BrN3/c15-12-4-2-1-3-11(12)14-9-13(17-18-14)10-5-7-16-8-6-10/h1-9H,(H,17,18). The second-order valence-corrected chi connectivity index (χ2v) is 4.74. The predicted molar refractivity (Wildman–Crippen MR) is 75.0 cm³/mol. The Labute approximate surface area is 113 Å². The van der Waals surface area contributed by atoms with Crippen LogP contribution in [0.5, 0.6) is 0 Å². The monoisotopic (exact) mass is 299 g/mol. The summed E-state index contributed by atoms with van der Waals surface area (Å²) in [7, 11) is 0. The zero-order valence-corrected chi connectivity index (χ0v) is 11.1. The highest BCUT2D eigenvalue weighted by Crippen LogP contribution is 2.28. The molecule has 0 unspecified atom stereocenters. The number of nitrogens with zero attached hydrogens (tertiary/aromatic N) is 2. The van der Waals surface area contributed by atoms with E-state index in [0.29, 0.717) is 0 Å². The van der Waals surface area contributed by atoms with Crippen molar-refractivity contribution in [2.45, 2.75) is 0 Å². The Bertz CT molecular complexity index is 662. The molecule has 4 heteroatoms. The van der Waals surface area contributed by atoms with Gasteiger partial charge in [-0.2, -0.15) is 5.10 Å². The number of hydrogen-bond acceptors (Lipinski definition) is 2. The summed E-state index contributed by atoms with van der Waals surface area (Å²) in [4.78, 5) is 4.00. The summed E-state index contributed by atoms with van der Waals surface area (Å²) < 4.78 is 1.05. The number of benzene rings is 1. The molecule has 0 aliphatic heterocycles. The smallest absolute Gasteiger partial charge is 0.0928 e. The molecule has 0 amide bonds. The number of hydrogen-bond donors (Lipinski definition) is 1. The van der Waals surface area contributed by atoms with Crippen LogP contribution in [0.3, 0.4) is 0 Å². The van der Waals surface area contributed by atoms with Crippen LogP contribution < -0.4 is 0 Å². The normalized spacial score (nSPS) is 10.5. The van der Waals surface area contributed by atoms with Gasteiger partial charge in [0.1, 0.15) is 0 Å². The molecule has 0 saturated heterocycles. The minimum atomic E-state index is 0.920. The molecule has 3 aromatic rings. The van der Waals surface area contributed by atoms with Crippen molar-refractivity contribution < 1.29 is 0 Å². The largest absolute Gasteiger partial charge is 0.277 e. The summed E-state index contributed by atoms with van der Waals surface area (Å²) in [5.74, 6) is 0. The van der Waals surface area contributed by atoms with Gasteiger partial charge in [-0.1, -0.05) is 34.1 Å². The molecule has 88 valence electrons. The van der Waals surface area contributed by atoms with E-state index < -0.39 is 0 Å². The summed E-state index contributed by atoms with van der Waals surface area (Å²) in [5, 5.41) is 7.39.